The summed E-state index contributed by atoms with van der Waals surface area (Å²) >= 11 is 0. The van der Waals surface area contributed by atoms with Gasteiger partial charge in [-0.2, -0.15) is 9.15 Å². The van der Waals surface area contributed by atoms with E-state index in [9.17, 15) is 25.9 Å². The van der Waals surface area contributed by atoms with Crippen molar-refractivity contribution >= 4 is 86.7 Å². The van der Waals surface area contributed by atoms with Gasteiger partial charge in [0.05, 0.1) is 20.6 Å². The second kappa shape index (κ2) is 27.2. The molecular formula is C92H86N4O6S2. The number of para-hydroxylation sites is 2. The van der Waals surface area contributed by atoms with Crippen LogP contribution in [0.25, 0.3) is 32.3 Å². The van der Waals surface area contributed by atoms with Crippen LogP contribution >= 0.6 is 0 Å². The molecule has 0 radical (unpaired) electrons. The van der Waals surface area contributed by atoms with Crippen molar-refractivity contribution in [3.8, 4) is 0 Å². The number of hydrogen-bond donors (Lipinski definition) is 0. The fourth-order valence-electron chi connectivity index (χ4n) is 19.5. The molecule has 11 aromatic carbocycles. The third-order valence-corrected chi connectivity index (χ3v) is 25.7. The normalized spacial score (nSPS) is 20.4. The molecule has 4 aliphatic heterocycles. The number of hydrogen-bond acceptors (Lipinski definition) is 8. The van der Waals surface area contributed by atoms with E-state index in [0.717, 1.165) is 37.8 Å². The molecule has 2 unspecified atom stereocenters. The van der Waals surface area contributed by atoms with Gasteiger partial charge in [0, 0.05) is 88.5 Å². The van der Waals surface area contributed by atoms with Crippen molar-refractivity contribution in [3.05, 3.63) is 335 Å². The maximum absolute atomic E-state index is 11.1. The molecular weight excluding hydrogens is 1320 g/mol. The van der Waals surface area contributed by atoms with Gasteiger partial charge in [0.1, 0.15) is 34.3 Å². The average molecular weight is 1410 g/mol. The van der Waals surface area contributed by atoms with Crippen molar-refractivity contribution in [2.75, 3.05) is 38.0 Å². The predicted molar refractivity (Wildman–Crippen MR) is 421 cm³/mol. The summed E-state index contributed by atoms with van der Waals surface area (Å²) in [5.74, 6) is 0. The van der Waals surface area contributed by atoms with Crippen LogP contribution in [0.5, 0.6) is 0 Å². The molecule has 11 aromatic rings. The molecule has 2 fully saturated rings. The Hall–Kier alpha value is -10.1. The Kier molecular flexibility index (Phi) is 17.9. The highest BCUT2D eigenvalue weighted by Gasteiger charge is 2.54. The smallest absolute Gasteiger partial charge is 0.210 e. The van der Waals surface area contributed by atoms with Gasteiger partial charge in [0.2, 0.25) is 11.4 Å². The number of likely N-dealkylation sites (N-methyl/N-ethyl adjacent to an activating group) is 2. The summed E-state index contributed by atoms with van der Waals surface area (Å²) in [6.07, 6.45) is 30.7. The van der Waals surface area contributed by atoms with Crippen molar-refractivity contribution in [2.24, 2.45) is 0 Å². The summed E-state index contributed by atoms with van der Waals surface area (Å²) in [6, 6.07) is 85.8. The highest BCUT2D eigenvalue weighted by atomic mass is 32.2. The van der Waals surface area contributed by atoms with Gasteiger partial charge in [-0.1, -0.05) is 245 Å². The van der Waals surface area contributed by atoms with Gasteiger partial charge >= 0.3 is 0 Å². The van der Waals surface area contributed by atoms with Crippen LogP contribution in [-0.2, 0) is 67.6 Å². The molecule has 2 saturated carbocycles. The molecule has 10 nitrogen and oxygen atoms in total. The van der Waals surface area contributed by atoms with Gasteiger partial charge in [-0.3, -0.25) is 0 Å². The van der Waals surface area contributed by atoms with Crippen molar-refractivity contribution in [1.82, 2.24) is 0 Å². The molecule has 12 heteroatoms. The van der Waals surface area contributed by atoms with Gasteiger partial charge in [0.25, 0.3) is 0 Å². The second-order valence-electron chi connectivity index (χ2n) is 29.7. The van der Waals surface area contributed by atoms with E-state index in [1.807, 2.05) is 0 Å². The number of benzene rings is 11. The first-order valence-corrected chi connectivity index (χ1v) is 39.5. The maximum Gasteiger partial charge on any atom is 0.210 e. The van der Waals surface area contributed by atoms with Crippen LogP contribution in [0.4, 0.5) is 22.7 Å². The van der Waals surface area contributed by atoms with E-state index in [2.05, 4.69) is 290 Å². The standard InChI is InChI=1S/C82H80N4.C10H8O6S2/c1-83-69-37-19-17-35-67(69)81(55-59-27-9-5-10-28-59,75(83)41-25-39-73-79(51-21-7-22-52-79)77-65-33-15-13-31-63(65)47-49-71(77)85(73)3)57-61-43-45-62(46-44-61)58-82(56-60-29-11-6-12-30-60)68-36-18-20-38-70(68)84(2)76(82)42-26-40-74-80(53-23-8-24-54-80)78-66-34-16-14-32-64(66)48-50-72(78)86(74)4;11-17(12,13)8-5-1-3-7-4-2-6-9(10(7)8)18(14,15)16/h5-6,9-20,25-50H,7-8,21-24,51-58H2,1-4H3;1-6H,(H,11,12,13)(H,14,15,16)/q+2;/p-2. The molecule has 2 spiro atoms. The Morgan fingerprint density at radius 2 is 0.731 bits per heavy atom. The molecule has 2 atom stereocenters. The Morgan fingerprint density at radius 3 is 1.12 bits per heavy atom. The molecule has 4 heterocycles. The van der Waals surface area contributed by atoms with Crippen LogP contribution in [0.1, 0.15) is 109 Å². The molecule has 2 aliphatic carbocycles. The van der Waals surface area contributed by atoms with Gasteiger partial charge < -0.3 is 18.9 Å². The molecule has 6 aliphatic rings. The Bertz CT molecular complexity index is 5310. The molecule has 522 valence electrons. The van der Waals surface area contributed by atoms with E-state index >= 15 is 0 Å². The van der Waals surface area contributed by atoms with E-state index in [-0.39, 0.29) is 32.4 Å². The van der Waals surface area contributed by atoms with Crippen LogP contribution in [0.2, 0.25) is 0 Å². The molecule has 0 bridgehead atoms. The molecule has 0 N–H and O–H groups in total. The third-order valence-electron chi connectivity index (χ3n) is 24.0. The highest BCUT2D eigenvalue weighted by Crippen LogP contribution is 2.56. The Labute approximate surface area is 612 Å². The van der Waals surface area contributed by atoms with Crippen LogP contribution in [0, 0.1) is 0 Å². The molecule has 0 saturated heterocycles. The topological polar surface area (TPSA) is 127 Å². The lowest BCUT2D eigenvalue weighted by atomic mass is 9.66. The van der Waals surface area contributed by atoms with E-state index in [1.165, 1.54) is 200 Å². The largest absolute Gasteiger partial charge is 0.744 e. The Morgan fingerprint density at radius 1 is 0.385 bits per heavy atom. The highest BCUT2D eigenvalue weighted by molar-refractivity contribution is 7.87. The van der Waals surface area contributed by atoms with Crippen molar-refractivity contribution in [1.29, 1.82) is 0 Å². The summed E-state index contributed by atoms with van der Waals surface area (Å²) in [4.78, 5) is 3.58. The van der Waals surface area contributed by atoms with E-state index in [0.29, 0.717) is 0 Å². The first-order valence-electron chi connectivity index (χ1n) is 36.7. The number of rotatable bonds is 14. The zero-order valence-electron chi connectivity index (χ0n) is 59.5. The SMILES string of the molecule is CN1C(=CC=CC2=[N+](C)c3ccc4ccccc4c3C23CCCCC3)C(Cc2ccccc2)(Cc2ccc(CC3(Cc4ccccc4)C(=CC=CC4=[N+](C)c5ccc6ccccc6c5C45CCCCC5)N(C)c4ccccc43)cc2)c2ccccc21.O=S(=O)([O-])c1cccc2cccc(S(=O)(=O)[O-])c12. The summed E-state index contributed by atoms with van der Waals surface area (Å²) in [7, 11) is -0.502. The van der Waals surface area contributed by atoms with E-state index in [4.69, 9.17) is 0 Å². The third kappa shape index (κ3) is 11.8. The van der Waals surface area contributed by atoms with Gasteiger partial charge in [-0.15, -0.1) is 0 Å². The quantitative estimate of drug-likeness (QED) is 0.0778. The summed E-state index contributed by atoms with van der Waals surface area (Å²) in [5, 5.41) is 5.35. The minimum atomic E-state index is -4.87. The second-order valence-corrected chi connectivity index (χ2v) is 32.4. The molecule has 0 amide bonds. The minimum Gasteiger partial charge on any atom is -0.744 e. The fraction of sp³-hybridized carbons (Fsp3) is 0.239. The van der Waals surface area contributed by atoms with Gasteiger partial charge in [-0.25, -0.2) is 16.8 Å². The zero-order chi connectivity index (χ0) is 71.6. The molecule has 104 heavy (non-hydrogen) atoms. The predicted octanol–water partition coefficient (Wildman–Crippen LogP) is 19.1. The number of anilines is 2. The number of nitrogens with zero attached hydrogens (tertiary/aromatic N) is 4. The number of allylic oxidation sites excluding steroid dienone is 8. The lowest BCUT2D eigenvalue weighted by molar-refractivity contribution is -0.401. The Balaban J connectivity index is 0.000000404. The van der Waals surface area contributed by atoms with E-state index < -0.39 is 30.0 Å². The lowest BCUT2D eigenvalue weighted by Gasteiger charge is -2.35. The average Bonchev–Trinajstić information content (AvgIpc) is 1.60. The first kappa shape index (κ1) is 68.4. The number of fused-ring (bicyclic) bond motifs is 11. The van der Waals surface area contributed by atoms with Crippen molar-refractivity contribution in [3.63, 3.8) is 0 Å². The lowest BCUT2D eigenvalue weighted by Crippen LogP contribution is -2.36. The summed E-state index contributed by atoms with van der Waals surface area (Å²) in [6.45, 7) is 0. The summed E-state index contributed by atoms with van der Waals surface area (Å²) < 4.78 is 71.5. The molecule has 0 aromatic heterocycles. The van der Waals surface area contributed by atoms with Crippen LogP contribution in [-0.4, -0.2) is 74.7 Å². The van der Waals surface area contributed by atoms with Crippen LogP contribution in [0.15, 0.2) is 300 Å². The monoisotopic (exact) mass is 1410 g/mol. The summed E-state index contributed by atoms with van der Waals surface area (Å²) in [5.41, 5.74) is 21.5. The zero-order valence-corrected chi connectivity index (χ0v) is 61.1. The first-order chi connectivity index (χ1) is 50.4. The van der Waals surface area contributed by atoms with Crippen molar-refractivity contribution in [2.45, 2.75) is 121 Å². The van der Waals surface area contributed by atoms with Gasteiger partial charge in [-0.05, 0) is 160 Å². The minimum absolute atomic E-state index is 0.00137. The van der Waals surface area contributed by atoms with Crippen LogP contribution in [0.3, 0.4) is 0 Å². The fourth-order valence-corrected chi connectivity index (χ4v) is 21.1. The van der Waals surface area contributed by atoms with Crippen molar-refractivity contribution < 1.29 is 35.1 Å². The van der Waals surface area contributed by atoms with E-state index in [1.54, 1.807) is 0 Å². The van der Waals surface area contributed by atoms with Crippen LogP contribution < -0.4 is 9.80 Å². The maximum atomic E-state index is 11.1. The molecule has 17 rings (SSSR count). The van der Waals surface area contributed by atoms with Gasteiger partial charge in [0.15, 0.2) is 11.4 Å².